The number of hydrogen-bond acceptors (Lipinski definition) is 4. The number of rotatable bonds is 1. The summed E-state index contributed by atoms with van der Waals surface area (Å²) in [5.41, 5.74) is 5.66. The van der Waals surface area contributed by atoms with Crippen LogP contribution in [0.4, 0.5) is 15.8 Å². The van der Waals surface area contributed by atoms with Gasteiger partial charge in [0.05, 0.1) is 0 Å². The molecule has 2 N–H and O–H groups in total. The molecule has 4 nitrogen and oxygen atoms in total. The summed E-state index contributed by atoms with van der Waals surface area (Å²) < 4.78 is 13.8. The van der Waals surface area contributed by atoms with Gasteiger partial charge in [-0.25, -0.2) is 4.39 Å². The van der Waals surface area contributed by atoms with E-state index in [4.69, 9.17) is 17.3 Å². The predicted octanol–water partition coefficient (Wildman–Crippen LogP) is 1.22. The number of nitrogens with zero attached hydrogens (tertiary/aromatic N) is 1. The van der Waals surface area contributed by atoms with Crippen molar-refractivity contribution in [3.63, 3.8) is 0 Å². The molecule has 0 unspecified atom stereocenters. The number of nitrogen functional groups attached to an aromatic ring is 1. The molecule has 0 saturated carbocycles. The van der Waals surface area contributed by atoms with Crippen LogP contribution in [-0.4, -0.2) is 6.54 Å². The number of anilines is 2. The van der Waals surface area contributed by atoms with E-state index in [1.54, 1.807) is 4.90 Å². The number of fused-ring (bicyclic) bond motifs is 1. The minimum Gasteiger partial charge on any atom is -0.394 e. The quantitative estimate of drug-likeness (QED) is 0.798. The first kappa shape index (κ1) is 12.2. The zero-order valence-electron chi connectivity index (χ0n) is 9.87. The third kappa shape index (κ3) is 1.65. The van der Waals surface area contributed by atoms with Crippen LogP contribution in [0.15, 0.2) is 21.7 Å². The molecule has 3 rings (SSSR count). The topological polar surface area (TPSA) is 63.4 Å². The summed E-state index contributed by atoms with van der Waals surface area (Å²) in [7, 11) is 0. The van der Waals surface area contributed by atoms with Gasteiger partial charge in [0.25, 0.3) is 10.9 Å². The van der Waals surface area contributed by atoms with Crippen LogP contribution in [0.5, 0.6) is 0 Å². The molecule has 0 fully saturated rings. The van der Waals surface area contributed by atoms with Crippen molar-refractivity contribution in [3.05, 3.63) is 54.5 Å². The van der Waals surface area contributed by atoms with Gasteiger partial charge >= 0.3 is 0 Å². The van der Waals surface area contributed by atoms with Crippen molar-refractivity contribution in [1.82, 2.24) is 0 Å². The second kappa shape index (κ2) is 4.06. The Morgan fingerprint density at radius 2 is 1.95 bits per heavy atom. The molecule has 0 saturated heterocycles. The molecule has 1 heterocycles. The van der Waals surface area contributed by atoms with Crippen LogP contribution in [0.25, 0.3) is 0 Å². The monoisotopic (exact) mass is 280 g/mol. The van der Waals surface area contributed by atoms with Crippen LogP contribution in [0.1, 0.15) is 11.1 Å². The van der Waals surface area contributed by atoms with Crippen LogP contribution in [0.3, 0.4) is 0 Å². The number of hydrogen-bond donors (Lipinski definition) is 1. The smallest absolute Gasteiger partial charge is 0.253 e. The summed E-state index contributed by atoms with van der Waals surface area (Å²) in [4.78, 5) is 24.3. The highest BCUT2D eigenvalue weighted by Crippen LogP contribution is 2.31. The zero-order valence-corrected chi connectivity index (χ0v) is 10.6. The van der Waals surface area contributed by atoms with E-state index in [1.807, 2.05) is 0 Å². The molecular weight excluding hydrogens is 271 g/mol. The molecule has 1 aliphatic rings. The Kier molecular flexibility index (Phi) is 2.60. The molecule has 0 aromatic heterocycles. The highest BCUT2D eigenvalue weighted by atomic mass is 35.5. The van der Waals surface area contributed by atoms with Gasteiger partial charge in [-0.15, -0.1) is 0 Å². The van der Waals surface area contributed by atoms with E-state index in [0.717, 1.165) is 5.56 Å². The number of halogens is 2. The summed E-state index contributed by atoms with van der Waals surface area (Å²) in [6, 6.07) is 2.83. The van der Waals surface area contributed by atoms with Crippen molar-refractivity contribution in [2.45, 2.75) is 13.0 Å². The van der Waals surface area contributed by atoms with Crippen molar-refractivity contribution in [2.75, 3.05) is 17.2 Å². The summed E-state index contributed by atoms with van der Waals surface area (Å²) >= 11 is 6.03. The van der Waals surface area contributed by atoms with Gasteiger partial charge in [-0.05, 0) is 24.1 Å². The van der Waals surface area contributed by atoms with Gasteiger partial charge in [0.15, 0.2) is 0 Å². The average molecular weight is 281 g/mol. The maximum atomic E-state index is 13.8. The maximum absolute atomic E-state index is 13.8. The van der Waals surface area contributed by atoms with E-state index >= 15 is 0 Å². The molecule has 1 aliphatic heterocycles. The van der Waals surface area contributed by atoms with E-state index in [2.05, 4.69) is 0 Å². The largest absolute Gasteiger partial charge is 0.394 e. The van der Waals surface area contributed by atoms with E-state index in [1.165, 1.54) is 12.1 Å². The SMILES string of the molecule is Nc1c(N2CCc3c(Cl)ccc(F)c3C2)c(=O)c1=O. The zero-order chi connectivity index (χ0) is 13.7. The lowest BCUT2D eigenvalue weighted by Crippen LogP contribution is -2.44. The van der Waals surface area contributed by atoms with Crippen molar-refractivity contribution in [3.8, 4) is 0 Å². The number of nitrogens with two attached hydrogens (primary N) is 1. The van der Waals surface area contributed by atoms with Crippen molar-refractivity contribution in [1.29, 1.82) is 0 Å². The highest BCUT2D eigenvalue weighted by molar-refractivity contribution is 6.31. The Morgan fingerprint density at radius 3 is 2.63 bits per heavy atom. The molecule has 6 heteroatoms. The molecule has 2 aromatic rings. The van der Waals surface area contributed by atoms with Gasteiger partial charge in [-0.3, -0.25) is 9.59 Å². The lowest BCUT2D eigenvalue weighted by Gasteiger charge is -2.32. The lowest BCUT2D eigenvalue weighted by molar-refractivity contribution is 0.588. The van der Waals surface area contributed by atoms with Crippen LogP contribution in [0.2, 0.25) is 5.02 Å². The molecule has 0 radical (unpaired) electrons. The second-order valence-electron chi connectivity index (χ2n) is 4.58. The fourth-order valence-corrected chi connectivity index (χ4v) is 2.77. The molecule has 0 aliphatic carbocycles. The Balaban J connectivity index is 2.02. The summed E-state index contributed by atoms with van der Waals surface area (Å²) in [6.07, 6.45) is 0.518. The summed E-state index contributed by atoms with van der Waals surface area (Å²) in [6.45, 7) is 0.696. The minimum atomic E-state index is -0.660. The third-order valence-corrected chi connectivity index (χ3v) is 3.89. The molecule has 0 amide bonds. The van der Waals surface area contributed by atoms with E-state index in [0.29, 0.717) is 23.6 Å². The summed E-state index contributed by atoms with van der Waals surface area (Å²) in [5, 5.41) is 0.522. The van der Waals surface area contributed by atoms with Gasteiger partial charge in [-0.1, -0.05) is 11.6 Å². The predicted molar refractivity (Wildman–Crippen MR) is 71.9 cm³/mol. The molecular formula is C13H10ClFN2O2. The first-order valence-electron chi connectivity index (χ1n) is 5.80. The minimum absolute atomic E-state index is 0.0316. The Morgan fingerprint density at radius 1 is 1.21 bits per heavy atom. The van der Waals surface area contributed by atoms with Crippen molar-refractivity contribution < 1.29 is 4.39 Å². The molecule has 98 valence electrons. The van der Waals surface area contributed by atoms with Gasteiger partial charge in [0.1, 0.15) is 17.2 Å². The van der Waals surface area contributed by atoms with Crippen LogP contribution in [-0.2, 0) is 13.0 Å². The fraction of sp³-hybridized carbons (Fsp3) is 0.231. The molecule has 19 heavy (non-hydrogen) atoms. The van der Waals surface area contributed by atoms with E-state index in [9.17, 15) is 14.0 Å². The van der Waals surface area contributed by atoms with E-state index in [-0.39, 0.29) is 23.7 Å². The summed E-state index contributed by atoms with van der Waals surface area (Å²) in [5.74, 6) is -0.360. The Labute approximate surface area is 112 Å². The first-order valence-corrected chi connectivity index (χ1v) is 6.18. The third-order valence-electron chi connectivity index (χ3n) is 3.53. The molecule has 0 spiro atoms. The molecule has 0 atom stereocenters. The molecule has 0 bridgehead atoms. The molecule has 2 aromatic carbocycles. The normalized spacial score (nSPS) is 14.7. The Hall–Kier alpha value is -1.88. The van der Waals surface area contributed by atoms with Crippen LogP contribution >= 0.6 is 11.6 Å². The van der Waals surface area contributed by atoms with Gasteiger partial charge < -0.3 is 10.6 Å². The highest BCUT2D eigenvalue weighted by Gasteiger charge is 2.28. The van der Waals surface area contributed by atoms with Gasteiger partial charge in [-0.2, -0.15) is 0 Å². The lowest BCUT2D eigenvalue weighted by atomic mass is 9.97. The van der Waals surface area contributed by atoms with Crippen molar-refractivity contribution >= 4 is 23.0 Å². The van der Waals surface area contributed by atoms with E-state index < -0.39 is 10.9 Å². The van der Waals surface area contributed by atoms with Crippen LogP contribution < -0.4 is 21.5 Å². The second-order valence-corrected chi connectivity index (χ2v) is 4.99. The standard InChI is InChI=1S/C13H10ClFN2O2/c14-8-1-2-9(15)7-5-17(4-3-6(7)8)11-10(16)12(18)13(11)19/h1-2H,3-5,16H2. The van der Waals surface area contributed by atoms with Crippen LogP contribution in [0, 0.1) is 5.82 Å². The average Bonchev–Trinajstić information content (AvgIpc) is 2.43. The fourth-order valence-electron chi connectivity index (χ4n) is 2.50. The maximum Gasteiger partial charge on any atom is 0.253 e. The first-order chi connectivity index (χ1) is 9.00. The van der Waals surface area contributed by atoms with Gasteiger partial charge in [0.2, 0.25) is 0 Å². The van der Waals surface area contributed by atoms with Gasteiger partial charge in [0, 0.05) is 23.7 Å². The number of benzene rings is 1. The van der Waals surface area contributed by atoms with Crippen molar-refractivity contribution in [2.24, 2.45) is 0 Å². The Bertz CT molecular complexity index is 750.